The van der Waals surface area contributed by atoms with E-state index in [1.807, 2.05) is 6.92 Å². The maximum atomic E-state index is 11.6. The monoisotopic (exact) mass is 301 g/mol. The summed E-state index contributed by atoms with van der Waals surface area (Å²) >= 11 is 0. The van der Waals surface area contributed by atoms with E-state index >= 15 is 0 Å². The van der Waals surface area contributed by atoms with Gasteiger partial charge >= 0.3 is 11.9 Å². The van der Waals surface area contributed by atoms with Gasteiger partial charge in [0.15, 0.2) is 0 Å². The summed E-state index contributed by atoms with van der Waals surface area (Å²) in [5.41, 5.74) is 1.08. The van der Waals surface area contributed by atoms with Crippen LogP contribution in [0.1, 0.15) is 26.3 Å². The summed E-state index contributed by atoms with van der Waals surface area (Å²) in [7, 11) is 0. The highest BCUT2D eigenvalue weighted by Crippen LogP contribution is 2.13. The van der Waals surface area contributed by atoms with Gasteiger partial charge < -0.3 is 0 Å². The molecule has 0 atom stereocenters. The number of nitro groups is 1. The predicted octanol–water partition coefficient (Wildman–Crippen LogP) is 2.83. The van der Waals surface area contributed by atoms with Crippen LogP contribution in [0.4, 0.5) is 5.69 Å². The zero-order valence-corrected chi connectivity index (χ0v) is 11.5. The Morgan fingerprint density at radius 1 is 0.864 bits per heavy atom. The van der Waals surface area contributed by atoms with E-state index in [1.54, 1.807) is 12.1 Å². The molecule has 0 aliphatic heterocycles. The van der Waals surface area contributed by atoms with Gasteiger partial charge in [-0.1, -0.05) is 17.7 Å². The van der Waals surface area contributed by atoms with Gasteiger partial charge in [0.2, 0.25) is 0 Å². The lowest BCUT2D eigenvalue weighted by Gasteiger charge is -2.03. The van der Waals surface area contributed by atoms with Crippen LogP contribution in [0.25, 0.3) is 0 Å². The van der Waals surface area contributed by atoms with Gasteiger partial charge in [-0.2, -0.15) is 0 Å². The molecule has 0 aromatic heterocycles. The topological polar surface area (TPSA) is 95.7 Å². The van der Waals surface area contributed by atoms with Crippen molar-refractivity contribution in [2.24, 2.45) is 0 Å². The number of rotatable bonds is 3. The number of carbonyl (C=O) groups is 2. The van der Waals surface area contributed by atoms with Crippen molar-refractivity contribution < 1.29 is 24.3 Å². The van der Waals surface area contributed by atoms with Crippen LogP contribution >= 0.6 is 0 Å². The second kappa shape index (κ2) is 6.49. The minimum Gasteiger partial charge on any atom is -0.258 e. The van der Waals surface area contributed by atoms with Gasteiger partial charge in [0.05, 0.1) is 16.1 Å². The summed E-state index contributed by atoms with van der Waals surface area (Å²) in [5, 5.41) is 10.5. The molecule has 0 spiro atoms. The molecule has 0 unspecified atom stereocenters. The second-order valence-electron chi connectivity index (χ2n) is 4.41. The Balaban J connectivity index is 1.96. The highest BCUT2D eigenvalue weighted by Gasteiger charge is 2.15. The van der Waals surface area contributed by atoms with Crippen molar-refractivity contribution in [3.8, 4) is 0 Å². The lowest BCUT2D eigenvalue weighted by atomic mass is 10.2. The number of nitrogens with zero attached hydrogens (tertiary/aromatic N) is 1. The van der Waals surface area contributed by atoms with Crippen molar-refractivity contribution in [2.75, 3.05) is 0 Å². The quantitative estimate of drug-likeness (QED) is 0.491. The Kier molecular flexibility index (Phi) is 4.47. The van der Waals surface area contributed by atoms with Crippen molar-refractivity contribution >= 4 is 17.6 Å². The van der Waals surface area contributed by atoms with Crippen LogP contribution in [-0.4, -0.2) is 16.9 Å². The van der Waals surface area contributed by atoms with Crippen LogP contribution in [0.3, 0.4) is 0 Å². The standard InChI is InChI=1S/C15H11NO6/c1-10-2-4-11(5-3-10)14(17)21-22-15(18)12-6-8-13(9-7-12)16(19)20/h2-9H,1H3. The zero-order valence-electron chi connectivity index (χ0n) is 11.5. The van der Waals surface area contributed by atoms with E-state index in [1.165, 1.54) is 24.3 Å². The van der Waals surface area contributed by atoms with Crippen LogP contribution in [-0.2, 0) is 9.78 Å². The second-order valence-corrected chi connectivity index (χ2v) is 4.41. The fourth-order valence-electron chi connectivity index (χ4n) is 1.58. The molecule has 0 radical (unpaired) electrons. The van der Waals surface area contributed by atoms with Gasteiger partial charge in [0.1, 0.15) is 0 Å². The van der Waals surface area contributed by atoms with Gasteiger partial charge in [-0.25, -0.2) is 19.4 Å². The lowest BCUT2D eigenvalue weighted by Crippen LogP contribution is -2.11. The fraction of sp³-hybridized carbons (Fsp3) is 0.0667. The molecule has 0 aliphatic carbocycles. The van der Waals surface area contributed by atoms with E-state index < -0.39 is 16.9 Å². The van der Waals surface area contributed by atoms with Crippen molar-refractivity contribution in [1.29, 1.82) is 0 Å². The molecular formula is C15H11NO6. The first-order chi connectivity index (χ1) is 10.5. The molecule has 7 nitrogen and oxygen atoms in total. The molecule has 2 rings (SSSR count). The molecule has 7 heteroatoms. The third kappa shape index (κ3) is 3.66. The van der Waals surface area contributed by atoms with Crippen molar-refractivity contribution in [3.05, 3.63) is 75.3 Å². The summed E-state index contributed by atoms with van der Waals surface area (Å²) in [4.78, 5) is 42.1. The van der Waals surface area contributed by atoms with Crippen LogP contribution in [0.5, 0.6) is 0 Å². The number of nitro benzene ring substituents is 1. The molecule has 0 saturated heterocycles. The van der Waals surface area contributed by atoms with Crippen molar-refractivity contribution in [1.82, 2.24) is 0 Å². The van der Waals surface area contributed by atoms with Gasteiger partial charge in [-0.05, 0) is 31.2 Å². The molecule has 0 heterocycles. The Morgan fingerprint density at radius 2 is 1.27 bits per heavy atom. The average Bonchev–Trinajstić information content (AvgIpc) is 2.53. The van der Waals surface area contributed by atoms with E-state index in [0.29, 0.717) is 0 Å². The predicted molar refractivity (Wildman–Crippen MR) is 75.1 cm³/mol. The van der Waals surface area contributed by atoms with Crippen LogP contribution in [0, 0.1) is 17.0 Å². The molecule has 0 aliphatic rings. The summed E-state index contributed by atoms with van der Waals surface area (Å²) < 4.78 is 0. The van der Waals surface area contributed by atoms with E-state index in [-0.39, 0.29) is 16.8 Å². The molecular weight excluding hydrogens is 290 g/mol. The smallest absolute Gasteiger partial charge is 0.258 e. The Morgan fingerprint density at radius 3 is 1.68 bits per heavy atom. The number of non-ortho nitro benzene ring substituents is 1. The first kappa shape index (κ1) is 15.2. The third-order valence-corrected chi connectivity index (χ3v) is 2.79. The first-order valence-electron chi connectivity index (χ1n) is 6.21. The minimum absolute atomic E-state index is 0.0299. The van der Waals surface area contributed by atoms with Crippen LogP contribution in [0.15, 0.2) is 48.5 Å². The number of hydrogen-bond acceptors (Lipinski definition) is 6. The first-order valence-corrected chi connectivity index (χ1v) is 6.21. The number of aryl methyl sites for hydroxylation is 1. The average molecular weight is 301 g/mol. The van der Waals surface area contributed by atoms with E-state index in [9.17, 15) is 19.7 Å². The Bertz CT molecular complexity index is 706. The van der Waals surface area contributed by atoms with Crippen LogP contribution in [0.2, 0.25) is 0 Å². The molecule has 0 amide bonds. The van der Waals surface area contributed by atoms with Gasteiger partial charge in [0.25, 0.3) is 5.69 Å². The molecule has 0 bridgehead atoms. The Labute approximate surface area is 125 Å². The summed E-state index contributed by atoms with van der Waals surface area (Å²) in [6.45, 7) is 1.86. The highest BCUT2D eigenvalue weighted by molar-refractivity contribution is 5.92. The maximum Gasteiger partial charge on any atom is 0.386 e. The van der Waals surface area contributed by atoms with E-state index in [0.717, 1.165) is 17.7 Å². The van der Waals surface area contributed by atoms with E-state index in [4.69, 9.17) is 0 Å². The van der Waals surface area contributed by atoms with Crippen LogP contribution < -0.4 is 0 Å². The maximum absolute atomic E-state index is 11.6. The minimum atomic E-state index is -0.921. The fourth-order valence-corrected chi connectivity index (χ4v) is 1.58. The Hall–Kier alpha value is -3.22. The molecule has 2 aromatic rings. The summed E-state index contributed by atoms with van der Waals surface area (Å²) in [6.07, 6.45) is 0. The molecule has 0 N–H and O–H groups in total. The molecule has 22 heavy (non-hydrogen) atoms. The van der Waals surface area contributed by atoms with Crippen molar-refractivity contribution in [3.63, 3.8) is 0 Å². The van der Waals surface area contributed by atoms with Gasteiger partial charge in [-0.15, -0.1) is 0 Å². The number of hydrogen-bond donors (Lipinski definition) is 0. The molecule has 0 saturated carbocycles. The summed E-state index contributed by atoms with van der Waals surface area (Å²) in [6, 6.07) is 11.2. The number of benzene rings is 2. The zero-order chi connectivity index (χ0) is 16.1. The van der Waals surface area contributed by atoms with Crippen molar-refractivity contribution in [2.45, 2.75) is 6.92 Å². The largest absolute Gasteiger partial charge is 0.386 e. The number of carbonyl (C=O) groups excluding carboxylic acids is 2. The van der Waals surface area contributed by atoms with Gasteiger partial charge in [0, 0.05) is 12.1 Å². The highest BCUT2D eigenvalue weighted by atomic mass is 17.2. The molecule has 112 valence electrons. The normalized spacial score (nSPS) is 9.86. The third-order valence-electron chi connectivity index (χ3n) is 2.79. The van der Waals surface area contributed by atoms with E-state index in [2.05, 4.69) is 9.78 Å². The summed E-state index contributed by atoms with van der Waals surface area (Å²) in [5.74, 6) is -1.73. The molecule has 0 fully saturated rings. The SMILES string of the molecule is Cc1ccc(C(=O)OOC(=O)c2ccc([N+](=O)[O-])cc2)cc1. The lowest BCUT2D eigenvalue weighted by molar-refractivity contribution is -0.384. The van der Waals surface area contributed by atoms with Gasteiger partial charge in [-0.3, -0.25) is 10.1 Å². The molecule has 2 aromatic carbocycles.